The number of nitrogens with one attached hydrogen (secondary N) is 1. The lowest BCUT2D eigenvalue weighted by atomic mass is 10.1. The molecular weight excluding hydrogens is 238 g/mol. The van der Waals surface area contributed by atoms with Crippen molar-refractivity contribution in [2.75, 3.05) is 25.0 Å². The number of nitrogens with zero attached hydrogens (tertiary/aromatic N) is 1. The van der Waals surface area contributed by atoms with Crippen LogP contribution in [0, 0.1) is 0 Å². The average Bonchev–Trinajstić information content (AvgIpc) is 2.46. The summed E-state index contributed by atoms with van der Waals surface area (Å²) in [6.45, 7) is 2.45. The fraction of sp³-hybridized carbons (Fsp3) is 0.533. The molecule has 0 atom stereocenters. The summed E-state index contributed by atoms with van der Waals surface area (Å²) in [7, 11) is 0. The minimum atomic E-state index is 0.0238. The molecule has 1 saturated heterocycles. The largest absolute Gasteiger partial charge is 0.330 e. The summed E-state index contributed by atoms with van der Waals surface area (Å²) in [6, 6.07) is 8.06. The zero-order valence-corrected chi connectivity index (χ0v) is 11.4. The number of piperidine rings is 1. The van der Waals surface area contributed by atoms with E-state index in [4.69, 9.17) is 5.73 Å². The summed E-state index contributed by atoms with van der Waals surface area (Å²) in [5.41, 5.74) is 7.62. The highest BCUT2D eigenvalue weighted by Crippen LogP contribution is 2.15. The zero-order chi connectivity index (χ0) is 13.5. The van der Waals surface area contributed by atoms with E-state index in [9.17, 15) is 4.79 Å². The smallest absolute Gasteiger partial charge is 0.321 e. The highest BCUT2D eigenvalue weighted by atomic mass is 16.2. The van der Waals surface area contributed by atoms with Crippen molar-refractivity contribution in [1.29, 1.82) is 0 Å². The second-order valence-electron chi connectivity index (χ2n) is 5.07. The Labute approximate surface area is 115 Å². The molecule has 0 unspecified atom stereocenters. The first kappa shape index (κ1) is 13.9. The molecule has 1 aliphatic rings. The first-order valence-corrected chi connectivity index (χ1v) is 7.14. The van der Waals surface area contributed by atoms with E-state index in [-0.39, 0.29) is 6.03 Å². The minimum absolute atomic E-state index is 0.0238. The first-order valence-electron chi connectivity index (χ1n) is 7.14. The molecule has 2 amide bonds. The molecule has 0 saturated carbocycles. The van der Waals surface area contributed by atoms with Gasteiger partial charge in [0.1, 0.15) is 0 Å². The van der Waals surface area contributed by atoms with Gasteiger partial charge in [0, 0.05) is 18.8 Å². The molecule has 0 aliphatic carbocycles. The van der Waals surface area contributed by atoms with Crippen LogP contribution in [0.1, 0.15) is 31.2 Å². The van der Waals surface area contributed by atoms with E-state index < -0.39 is 0 Å². The number of likely N-dealkylation sites (tertiary alicyclic amines) is 1. The quantitative estimate of drug-likeness (QED) is 0.875. The maximum Gasteiger partial charge on any atom is 0.321 e. The standard InChI is InChI=1S/C15H23N3O/c16-9-5-7-13-6-4-8-14(12-13)17-15(19)18-10-2-1-3-11-18/h4,6,8,12H,1-3,5,7,9-11,16H2,(H,17,19). The van der Waals surface area contributed by atoms with Crippen molar-refractivity contribution in [1.82, 2.24) is 4.90 Å². The molecule has 1 fully saturated rings. The van der Waals surface area contributed by atoms with Gasteiger partial charge in [-0.1, -0.05) is 12.1 Å². The van der Waals surface area contributed by atoms with E-state index in [1.165, 1.54) is 12.0 Å². The van der Waals surface area contributed by atoms with Crippen molar-refractivity contribution in [3.63, 3.8) is 0 Å². The number of anilines is 1. The summed E-state index contributed by atoms with van der Waals surface area (Å²) >= 11 is 0. The summed E-state index contributed by atoms with van der Waals surface area (Å²) in [5, 5.41) is 2.98. The number of benzene rings is 1. The minimum Gasteiger partial charge on any atom is -0.330 e. The number of carbonyl (C=O) groups excluding carboxylic acids is 1. The van der Waals surface area contributed by atoms with E-state index in [2.05, 4.69) is 11.4 Å². The average molecular weight is 261 g/mol. The Hall–Kier alpha value is -1.55. The van der Waals surface area contributed by atoms with Gasteiger partial charge in [-0.05, 0) is 56.3 Å². The van der Waals surface area contributed by atoms with Crippen LogP contribution in [0.4, 0.5) is 10.5 Å². The Bertz CT molecular complexity index is 414. The zero-order valence-electron chi connectivity index (χ0n) is 11.4. The number of carbonyl (C=O) groups is 1. The molecule has 1 aliphatic heterocycles. The molecule has 2 rings (SSSR count). The number of rotatable bonds is 4. The second kappa shape index (κ2) is 7.14. The maximum absolute atomic E-state index is 12.1. The second-order valence-corrected chi connectivity index (χ2v) is 5.07. The summed E-state index contributed by atoms with van der Waals surface area (Å²) in [5.74, 6) is 0. The number of aryl methyl sites for hydroxylation is 1. The predicted octanol–water partition coefficient (Wildman–Crippen LogP) is 2.60. The number of amides is 2. The van der Waals surface area contributed by atoms with Gasteiger partial charge < -0.3 is 16.0 Å². The van der Waals surface area contributed by atoms with Gasteiger partial charge in [-0.3, -0.25) is 0 Å². The number of hydrogen-bond donors (Lipinski definition) is 2. The topological polar surface area (TPSA) is 58.4 Å². The molecule has 1 aromatic carbocycles. The number of nitrogens with two attached hydrogens (primary N) is 1. The van der Waals surface area contributed by atoms with E-state index in [0.717, 1.165) is 44.5 Å². The van der Waals surface area contributed by atoms with Crippen LogP contribution < -0.4 is 11.1 Å². The van der Waals surface area contributed by atoms with Gasteiger partial charge in [0.15, 0.2) is 0 Å². The highest BCUT2D eigenvalue weighted by molar-refractivity contribution is 5.89. The van der Waals surface area contributed by atoms with Crippen LogP contribution in [-0.4, -0.2) is 30.6 Å². The van der Waals surface area contributed by atoms with Crippen molar-refractivity contribution in [2.24, 2.45) is 5.73 Å². The third kappa shape index (κ3) is 4.24. The summed E-state index contributed by atoms with van der Waals surface area (Å²) in [6.07, 6.45) is 5.40. The van der Waals surface area contributed by atoms with E-state index in [0.29, 0.717) is 6.54 Å². The Morgan fingerprint density at radius 2 is 2.05 bits per heavy atom. The van der Waals surface area contributed by atoms with Crippen LogP contribution >= 0.6 is 0 Å². The Balaban J connectivity index is 1.92. The highest BCUT2D eigenvalue weighted by Gasteiger charge is 2.16. The molecule has 19 heavy (non-hydrogen) atoms. The lowest BCUT2D eigenvalue weighted by Gasteiger charge is -2.26. The Morgan fingerprint density at radius 1 is 1.26 bits per heavy atom. The van der Waals surface area contributed by atoms with Crippen LogP contribution in [0.5, 0.6) is 0 Å². The lowest BCUT2D eigenvalue weighted by molar-refractivity contribution is 0.200. The van der Waals surface area contributed by atoms with E-state index in [1.54, 1.807) is 0 Å². The summed E-state index contributed by atoms with van der Waals surface area (Å²) in [4.78, 5) is 14.0. The lowest BCUT2D eigenvalue weighted by Crippen LogP contribution is -2.38. The predicted molar refractivity (Wildman–Crippen MR) is 78.3 cm³/mol. The van der Waals surface area contributed by atoms with Crippen molar-refractivity contribution < 1.29 is 4.79 Å². The van der Waals surface area contributed by atoms with Crippen LogP contribution in [0.2, 0.25) is 0 Å². The van der Waals surface area contributed by atoms with Gasteiger partial charge in [0.2, 0.25) is 0 Å². The molecule has 4 nitrogen and oxygen atoms in total. The van der Waals surface area contributed by atoms with Crippen molar-refractivity contribution >= 4 is 11.7 Å². The van der Waals surface area contributed by atoms with E-state index in [1.807, 2.05) is 23.1 Å². The molecule has 1 heterocycles. The molecular formula is C15H23N3O. The van der Waals surface area contributed by atoms with Gasteiger partial charge in [0.05, 0.1) is 0 Å². The van der Waals surface area contributed by atoms with Crippen LogP contribution in [-0.2, 0) is 6.42 Å². The fourth-order valence-corrected chi connectivity index (χ4v) is 2.41. The molecule has 0 bridgehead atoms. The van der Waals surface area contributed by atoms with Crippen LogP contribution in [0.3, 0.4) is 0 Å². The van der Waals surface area contributed by atoms with Crippen molar-refractivity contribution in [2.45, 2.75) is 32.1 Å². The van der Waals surface area contributed by atoms with Gasteiger partial charge in [-0.15, -0.1) is 0 Å². The summed E-state index contributed by atoms with van der Waals surface area (Å²) < 4.78 is 0. The molecule has 0 spiro atoms. The maximum atomic E-state index is 12.1. The third-order valence-electron chi connectivity index (χ3n) is 3.49. The molecule has 1 aromatic rings. The first-order chi connectivity index (χ1) is 9.29. The van der Waals surface area contributed by atoms with Gasteiger partial charge >= 0.3 is 6.03 Å². The van der Waals surface area contributed by atoms with Gasteiger partial charge in [-0.25, -0.2) is 4.79 Å². The molecule has 3 N–H and O–H groups in total. The van der Waals surface area contributed by atoms with Gasteiger partial charge in [-0.2, -0.15) is 0 Å². The van der Waals surface area contributed by atoms with E-state index >= 15 is 0 Å². The van der Waals surface area contributed by atoms with Crippen molar-refractivity contribution in [3.05, 3.63) is 29.8 Å². The molecule has 104 valence electrons. The van der Waals surface area contributed by atoms with Gasteiger partial charge in [0.25, 0.3) is 0 Å². The molecule has 4 heteroatoms. The SMILES string of the molecule is NCCCc1cccc(NC(=O)N2CCCCC2)c1. The Morgan fingerprint density at radius 3 is 2.79 bits per heavy atom. The number of urea groups is 1. The van der Waals surface area contributed by atoms with Crippen molar-refractivity contribution in [3.8, 4) is 0 Å². The molecule has 0 aromatic heterocycles. The number of hydrogen-bond acceptors (Lipinski definition) is 2. The van der Waals surface area contributed by atoms with Crippen LogP contribution in [0.25, 0.3) is 0 Å². The van der Waals surface area contributed by atoms with Crippen LogP contribution in [0.15, 0.2) is 24.3 Å². The normalized spacial score (nSPS) is 15.3. The fourth-order valence-electron chi connectivity index (χ4n) is 2.41. The monoisotopic (exact) mass is 261 g/mol. The molecule has 0 radical (unpaired) electrons. The third-order valence-corrected chi connectivity index (χ3v) is 3.49. The Kier molecular flexibility index (Phi) is 5.21.